The van der Waals surface area contributed by atoms with Gasteiger partial charge in [0.1, 0.15) is 0 Å². The molecule has 5 nitrogen and oxygen atoms in total. The molecular formula is C16H24ClN3O2. The molecule has 0 spiro atoms. The molecule has 1 heterocycles. The number of hydrogen-bond donors (Lipinski definition) is 2. The Kier molecular flexibility index (Phi) is 6.84. The van der Waals surface area contributed by atoms with E-state index in [0.29, 0.717) is 17.0 Å². The molecule has 1 saturated heterocycles. The maximum Gasteiger partial charge on any atom is 0.253 e. The van der Waals surface area contributed by atoms with Gasteiger partial charge in [0, 0.05) is 31.3 Å². The first kappa shape index (κ1) is 18.5. The Morgan fingerprint density at radius 3 is 2.32 bits per heavy atom. The van der Waals surface area contributed by atoms with E-state index in [0.717, 1.165) is 19.5 Å². The van der Waals surface area contributed by atoms with Crippen LogP contribution in [0.25, 0.3) is 0 Å². The van der Waals surface area contributed by atoms with Crippen molar-refractivity contribution >= 4 is 24.2 Å². The molecule has 122 valence electrons. The number of benzene rings is 1. The topological polar surface area (TPSA) is 61.4 Å². The van der Waals surface area contributed by atoms with Gasteiger partial charge in [-0.15, -0.1) is 12.4 Å². The third kappa shape index (κ3) is 4.45. The maximum absolute atomic E-state index is 12.2. The third-order valence-corrected chi connectivity index (χ3v) is 3.90. The van der Waals surface area contributed by atoms with E-state index in [1.54, 1.807) is 38.4 Å². The van der Waals surface area contributed by atoms with Crippen molar-refractivity contribution in [3.63, 3.8) is 0 Å². The third-order valence-electron chi connectivity index (χ3n) is 3.90. The molecule has 2 rings (SSSR count). The van der Waals surface area contributed by atoms with E-state index >= 15 is 0 Å². The molecule has 22 heavy (non-hydrogen) atoms. The highest BCUT2D eigenvalue weighted by atomic mass is 35.5. The summed E-state index contributed by atoms with van der Waals surface area (Å²) in [6.07, 6.45) is 0.949. The molecule has 2 N–H and O–H groups in total. The van der Waals surface area contributed by atoms with Gasteiger partial charge in [-0.1, -0.05) is 6.92 Å². The van der Waals surface area contributed by atoms with Gasteiger partial charge in [0.15, 0.2) is 0 Å². The highest BCUT2D eigenvalue weighted by Gasteiger charge is 2.23. The zero-order valence-electron chi connectivity index (χ0n) is 13.3. The van der Waals surface area contributed by atoms with Gasteiger partial charge in [-0.2, -0.15) is 0 Å². The van der Waals surface area contributed by atoms with Crippen molar-refractivity contribution in [1.82, 2.24) is 15.5 Å². The van der Waals surface area contributed by atoms with E-state index in [1.165, 1.54) is 4.90 Å². The number of carbonyl (C=O) groups excluding carboxylic acids is 2. The van der Waals surface area contributed by atoms with Crippen LogP contribution in [-0.2, 0) is 0 Å². The summed E-state index contributed by atoms with van der Waals surface area (Å²) in [4.78, 5) is 25.6. The Labute approximate surface area is 137 Å². The van der Waals surface area contributed by atoms with Crippen molar-refractivity contribution in [1.29, 1.82) is 0 Å². The Hall–Kier alpha value is -1.59. The molecule has 0 radical (unpaired) electrons. The second kappa shape index (κ2) is 8.15. The number of halogens is 1. The van der Waals surface area contributed by atoms with E-state index in [2.05, 4.69) is 17.6 Å². The molecule has 2 atom stereocenters. The quantitative estimate of drug-likeness (QED) is 0.886. The zero-order valence-corrected chi connectivity index (χ0v) is 14.1. The summed E-state index contributed by atoms with van der Waals surface area (Å²) in [7, 11) is 3.42. The fourth-order valence-corrected chi connectivity index (χ4v) is 2.50. The van der Waals surface area contributed by atoms with Crippen molar-refractivity contribution in [2.45, 2.75) is 19.4 Å². The Morgan fingerprint density at radius 1 is 1.18 bits per heavy atom. The standard InChI is InChI=1S/C16H23N3O2.ClH/c1-11-10-17-9-8-14(11)18-15(20)12-4-6-13(7-5-12)16(21)19(2)3;/h4-7,11,14,17H,8-10H2,1-3H3,(H,18,20);1H. The Bertz CT molecular complexity index is 517. The summed E-state index contributed by atoms with van der Waals surface area (Å²) in [5.74, 6) is 0.295. The van der Waals surface area contributed by atoms with E-state index in [1.807, 2.05) is 0 Å². The molecule has 1 aliphatic rings. The second-order valence-electron chi connectivity index (χ2n) is 5.83. The molecule has 1 aromatic carbocycles. The van der Waals surface area contributed by atoms with Gasteiger partial charge in [-0.05, 0) is 49.7 Å². The van der Waals surface area contributed by atoms with Crippen LogP contribution >= 0.6 is 12.4 Å². The van der Waals surface area contributed by atoms with Crippen LogP contribution in [0.3, 0.4) is 0 Å². The van der Waals surface area contributed by atoms with E-state index in [-0.39, 0.29) is 30.3 Å². The van der Waals surface area contributed by atoms with Crippen LogP contribution in [0.1, 0.15) is 34.1 Å². The van der Waals surface area contributed by atoms with Crippen LogP contribution in [0.15, 0.2) is 24.3 Å². The monoisotopic (exact) mass is 325 g/mol. The van der Waals surface area contributed by atoms with Gasteiger partial charge >= 0.3 is 0 Å². The number of rotatable bonds is 3. The molecular weight excluding hydrogens is 302 g/mol. The normalized spacial score (nSPS) is 20.7. The zero-order chi connectivity index (χ0) is 15.4. The van der Waals surface area contributed by atoms with E-state index < -0.39 is 0 Å². The Morgan fingerprint density at radius 2 is 1.77 bits per heavy atom. The predicted molar refractivity (Wildman–Crippen MR) is 89.6 cm³/mol. The van der Waals surface area contributed by atoms with Gasteiger partial charge in [-0.3, -0.25) is 9.59 Å². The van der Waals surface area contributed by atoms with Crippen LogP contribution in [-0.4, -0.2) is 49.9 Å². The van der Waals surface area contributed by atoms with Crippen LogP contribution in [0.5, 0.6) is 0 Å². The highest BCUT2D eigenvalue weighted by Crippen LogP contribution is 2.12. The average molecular weight is 326 g/mol. The van der Waals surface area contributed by atoms with Crippen LogP contribution in [0.2, 0.25) is 0 Å². The summed E-state index contributed by atoms with van der Waals surface area (Å²) in [6, 6.07) is 7.02. The molecule has 2 amide bonds. The second-order valence-corrected chi connectivity index (χ2v) is 5.83. The number of hydrogen-bond acceptors (Lipinski definition) is 3. The molecule has 0 aliphatic carbocycles. The van der Waals surface area contributed by atoms with Crippen molar-refractivity contribution < 1.29 is 9.59 Å². The lowest BCUT2D eigenvalue weighted by Crippen LogP contribution is -2.48. The van der Waals surface area contributed by atoms with Crippen LogP contribution in [0.4, 0.5) is 0 Å². The number of nitrogens with zero attached hydrogens (tertiary/aromatic N) is 1. The predicted octanol–water partition coefficient (Wildman–Crippen LogP) is 1.54. The first-order valence-electron chi connectivity index (χ1n) is 7.32. The number of amides is 2. The smallest absolute Gasteiger partial charge is 0.253 e. The van der Waals surface area contributed by atoms with E-state index in [4.69, 9.17) is 0 Å². The number of piperidine rings is 1. The molecule has 2 unspecified atom stereocenters. The summed E-state index contributed by atoms with van der Waals surface area (Å²) in [6.45, 7) is 4.00. The lowest BCUT2D eigenvalue weighted by atomic mass is 9.95. The molecule has 6 heteroatoms. The summed E-state index contributed by atoms with van der Waals surface area (Å²) >= 11 is 0. The first-order chi connectivity index (χ1) is 9.99. The van der Waals surface area contributed by atoms with Crippen molar-refractivity contribution in [3.8, 4) is 0 Å². The minimum atomic E-state index is -0.0717. The van der Waals surface area contributed by atoms with Gasteiger partial charge in [-0.25, -0.2) is 0 Å². The molecule has 1 aromatic rings. The Balaban J connectivity index is 0.00000242. The fraction of sp³-hybridized carbons (Fsp3) is 0.500. The molecule has 0 bridgehead atoms. The lowest BCUT2D eigenvalue weighted by Gasteiger charge is -2.30. The molecule has 0 saturated carbocycles. The maximum atomic E-state index is 12.2. The fourth-order valence-electron chi connectivity index (χ4n) is 2.50. The van der Waals surface area contributed by atoms with Gasteiger partial charge in [0.25, 0.3) is 11.8 Å². The highest BCUT2D eigenvalue weighted by molar-refractivity contribution is 5.97. The lowest BCUT2D eigenvalue weighted by molar-refractivity contribution is 0.0826. The number of nitrogens with one attached hydrogen (secondary N) is 2. The van der Waals surface area contributed by atoms with Crippen LogP contribution < -0.4 is 10.6 Å². The SMILES string of the molecule is CC1CNCCC1NC(=O)c1ccc(C(=O)N(C)C)cc1.Cl. The largest absolute Gasteiger partial charge is 0.349 e. The van der Waals surface area contributed by atoms with Crippen LogP contribution in [0, 0.1) is 5.92 Å². The molecule has 1 aliphatic heterocycles. The van der Waals surface area contributed by atoms with E-state index in [9.17, 15) is 9.59 Å². The van der Waals surface area contributed by atoms with Gasteiger partial charge in [0.05, 0.1) is 0 Å². The van der Waals surface area contributed by atoms with Crippen molar-refractivity contribution in [2.24, 2.45) is 5.92 Å². The molecule has 1 fully saturated rings. The minimum Gasteiger partial charge on any atom is -0.349 e. The molecule has 0 aromatic heterocycles. The minimum absolute atomic E-state index is 0. The number of carbonyl (C=O) groups is 2. The average Bonchev–Trinajstić information content (AvgIpc) is 2.49. The summed E-state index contributed by atoms with van der Waals surface area (Å²) < 4.78 is 0. The summed E-state index contributed by atoms with van der Waals surface area (Å²) in [5.41, 5.74) is 1.18. The van der Waals surface area contributed by atoms with Gasteiger partial charge < -0.3 is 15.5 Å². The van der Waals surface area contributed by atoms with Crippen molar-refractivity contribution in [2.75, 3.05) is 27.2 Å². The first-order valence-corrected chi connectivity index (χ1v) is 7.32. The van der Waals surface area contributed by atoms with Crippen molar-refractivity contribution in [3.05, 3.63) is 35.4 Å². The van der Waals surface area contributed by atoms with Gasteiger partial charge in [0.2, 0.25) is 0 Å². The summed E-state index contributed by atoms with van der Waals surface area (Å²) in [5, 5.41) is 6.40.